The molecule has 0 saturated heterocycles. The number of ketones is 2. The molecule has 1 aromatic rings. The quantitative estimate of drug-likeness (QED) is 0.811. The lowest BCUT2D eigenvalue weighted by Gasteiger charge is -2.12. The number of carbonyl (C=O) groups excluding carboxylic acids is 2. The Morgan fingerprint density at radius 3 is 2.50 bits per heavy atom. The van der Waals surface area contributed by atoms with Crippen LogP contribution >= 0.6 is 0 Å². The molecule has 82 valence electrons. The Bertz CT molecular complexity index is 552. The molecule has 0 bridgehead atoms. The first-order valence-electron chi connectivity index (χ1n) is 5.16. The number of aromatic nitrogens is 1. The number of aromatic amines is 1. The molecule has 4 heteroatoms. The van der Waals surface area contributed by atoms with Crippen LogP contribution in [0.25, 0.3) is 0 Å². The second kappa shape index (κ2) is 3.89. The lowest BCUT2D eigenvalue weighted by Crippen LogP contribution is -2.22. The fourth-order valence-electron chi connectivity index (χ4n) is 1.86. The van der Waals surface area contributed by atoms with Crippen molar-refractivity contribution in [3.63, 3.8) is 0 Å². The molecule has 0 aliphatic heterocycles. The van der Waals surface area contributed by atoms with E-state index in [2.05, 4.69) is 4.98 Å². The summed E-state index contributed by atoms with van der Waals surface area (Å²) >= 11 is 0. The van der Waals surface area contributed by atoms with Gasteiger partial charge in [-0.1, -0.05) is 13.3 Å². The number of pyridine rings is 1. The molecule has 0 aromatic carbocycles. The van der Waals surface area contributed by atoms with Crippen molar-refractivity contribution in [3.8, 4) is 0 Å². The first-order chi connectivity index (χ1) is 7.63. The van der Waals surface area contributed by atoms with Crippen molar-refractivity contribution in [3.05, 3.63) is 45.4 Å². The molecule has 1 heterocycles. The van der Waals surface area contributed by atoms with Crippen LogP contribution in [0.4, 0.5) is 0 Å². The van der Waals surface area contributed by atoms with Crippen LogP contribution in [-0.2, 0) is 6.42 Å². The number of aryl methyl sites for hydroxylation is 1. The monoisotopic (exact) mass is 217 g/mol. The summed E-state index contributed by atoms with van der Waals surface area (Å²) in [6.07, 6.45) is 3.89. The number of H-pyrrole nitrogens is 1. The average molecular weight is 217 g/mol. The fourth-order valence-corrected chi connectivity index (χ4v) is 1.86. The molecule has 1 aliphatic rings. The highest BCUT2D eigenvalue weighted by Gasteiger charge is 2.23. The van der Waals surface area contributed by atoms with Crippen LogP contribution in [0, 0.1) is 0 Å². The maximum atomic E-state index is 11.7. The van der Waals surface area contributed by atoms with Crippen molar-refractivity contribution in [2.24, 2.45) is 0 Å². The van der Waals surface area contributed by atoms with Crippen LogP contribution in [0.5, 0.6) is 0 Å². The Kier molecular flexibility index (Phi) is 2.56. The number of hydrogen-bond acceptors (Lipinski definition) is 3. The highest BCUT2D eigenvalue weighted by molar-refractivity contribution is 6.21. The Balaban J connectivity index is 2.71. The van der Waals surface area contributed by atoms with E-state index in [4.69, 9.17) is 0 Å². The van der Waals surface area contributed by atoms with E-state index in [0.29, 0.717) is 17.5 Å². The third-order valence-corrected chi connectivity index (χ3v) is 2.52. The van der Waals surface area contributed by atoms with Crippen LogP contribution in [0.3, 0.4) is 0 Å². The minimum absolute atomic E-state index is 0.128. The highest BCUT2D eigenvalue weighted by atomic mass is 16.1. The number of fused-ring (bicyclic) bond motifs is 1. The van der Waals surface area contributed by atoms with Gasteiger partial charge in [0.25, 0.3) is 0 Å². The third-order valence-electron chi connectivity index (χ3n) is 2.52. The van der Waals surface area contributed by atoms with Crippen molar-refractivity contribution in [1.29, 1.82) is 0 Å². The minimum Gasteiger partial charge on any atom is -0.319 e. The molecular weight excluding hydrogens is 206 g/mol. The molecule has 1 aliphatic carbocycles. The molecule has 1 N–H and O–H groups in total. The predicted molar refractivity (Wildman–Crippen MR) is 58.9 cm³/mol. The standard InChI is InChI=1S/C12H11NO3/c1-2-3-7-6-10(16)13-12-9(15)5-4-8(14)11(7)12/h4-6H,2-3H2,1H3,(H,13,16). The number of rotatable bonds is 2. The molecule has 0 fully saturated rings. The molecule has 0 saturated carbocycles. The smallest absolute Gasteiger partial charge is 0.248 e. The molecule has 4 nitrogen and oxygen atoms in total. The second-order valence-electron chi connectivity index (χ2n) is 3.72. The summed E-state index contributed by atoms with van der Waals surface area (Å²) in [7, 11) is 0. The van der Waals surface area contributed by atoms with Crippen LogP contribution in [-0.4, -0.2) is 16.6 Å². The SMILES string of the molecule is CCCc1cc(=O)[nH]c2c1C(=O)C=CC2=O. The largest absolute Gasteiger partial charge is 0.319 e. The van der Waals surface area contributed by atoms with E-state index in [0.717, 1.165) is 6.42 Å². The van der Waals surface area contributed by atoms with Gasteiger partial charge < -0.3 is 4.98 Å². The molecule has 0 spiro atoms. The molecule has 0 radical (unpaired) electrons. The average Bonchev–Trinajstić information content (AvgIpc) is 2.23. The van der Waals surface area contributed by atoms with Gasteiger partial charge in [0.2, 0.25) is 11.3 Å². The van der Waals surface area contributed by atoms with E-state index >= 15 is 0 Å². The third kappa shape index (κ3) is 1.62. The summed E-state index contributed by atoms with van der Waals surface area (Å²) in [5.74, 6) is -0.529. The summed E-state index contributed by atoms with van der Waals surface area (Å²) in [5, 5.41) is 0. The van der Waals surface area contributed by atoms with E-state index in [1.165, 1.54) is 18.2 Å². The Hall–Kier alpha value is -1.97. The maximum Gasteiger partial charge on any atom is 0.248 e. The van der Waals surface area contributed by atoms with Crippen LogP contribution in [0.15, 0.2) is 23.0 Å². The van der Waals surface area contributed by atoms with Crippen molar-refractivity contribution >= 4 is 11.6 Å². The van der Waals surface area contributed by atoms with Crippen molar-refractivity contribution in [1.82, 2.24) is 4.98 Å². The van der Waals surface area contributed by atoms with Crippen molar-refractivity contribution < 1.29 is 9.59 Å². The Labute approximate surface area is 92.0 Å². The summed E-state index contributed by atoms with van der Waals surface area (Å²) in [4.78, 5) is 37.0. The molecule has 0 atom stereocenters. The highest BCUT2D eigenvalue weighted by Crippen LogP contribution is 2.18. The molecule has 0 unspecified atom stereocenters. The van der Waals surface area contributed by atoms with Gasteiger partial charge in [-0.25, -0.2) is 0 Å². The summed E-state index contributed by atoms with van der Waals surface area (Å²) in [6.45, 7) is 1.96. The van der Waals surface area contributed by atoms with Crippen LogP contribution in [0.1, 0.15) is 39.8 Å². The van der Waals surface area contributed by atoms with Crippen LogP contribution < -0.4 is 5.56 Å². The van der Waals surface area contributed by atoms with Crippen molar-refractivity contribution in [2.75, 3.05) is 0 Å². The van der Waals surface area contributed by atoms with Gasteiger partial charge in [0.05, 0.1) is 5.56 Å². The summed E-state index contributed by atoms with van der Waals surface area (Å²) < 4.78 is 0. The van der Waals surface area contributed by atoms with E-state index in [9.17, 15) is 14.4 Å². The normalized spacial score (nSPS) is 14.1. The lowest BCUT2D eigenvalue weighted by molar-refractivity contribution is 0.0989. The zero-order valence-corrected chi connectivity index (χ0v) is 8.87. The van der Waals surface area contributed by atoms with Gasteiger partial charge >= 0.3 is 0 Å². The van der Waals surface area contributed by atoms with Gasteiger partial charge in [-0.05, 0) is 24.1 Å². The minimum atomic E-state index is -0.335. The number of hydrogen-bond donors (Lipinski definition) is 1. The fraction of sp³-hybridized carbons (Fsp3) is 0.250. The molecule has 16 heavy (non-hydrogen) atoms. The van der Waals surface area contributed by atoms with Gasteiger partial charge in [0.15, 0.2) is 5.78 Å². The topological polar surface area (TPSA) is 67.0 Å². The van der Waals surface area contributed by atoms with Gasteiger partial charge in [0.1, 0.15) is 5.69 Å². The first kappa shape index (κ1) is 10.5. The van der Waals surface area contributed by atoms with E-state index in [1.807, 2.05) is 6.92 Å². The molecule has 0 amide bonds. The maximum absolute atomic E-state index is 11.7. The van der Waals surface area contributed by atoms with Crippen molar-refractivity contribution in [2.45, 2.75) is 19.8 Å². The van der Waals surface area contributed by atoms with Gasteiger partial charge in [-0.3, -0.25) is 14.4 Å². The summed E-state index contributed by atoms with van der Waals surface area (Å²) in [6, 6.07) is 1.40. The number of carbonyl (C=O) groups is 2. The lowest BCUT2D eigenvalue weighted by atomic mass is 9.93. The zero-order valence-electron chi connectivity index (χ0n) is 8.87. The van der Waals surface area contributed by atoms with E-state index < -0.39 is 0 Å². The first-order valence-corrected chi connectivity index (χ1v) is 5.16. The Morgan fingerprint density at radius 1 is 1.12 bits per heavy atom. The summed E-state index contributed by atoms with van der Waals surface area (Å²) in [5.41, 5.74) is 0.806. The van der Waals surface area contributed by atoms with E-state index in [-0.39, 0.29) is 22.8 Å². The van der Waals surface area contributed by atoms with Gasteiger partial charge in [-0.15, -0.1) is 0 Å². The number of allylic oxidation sites excluding steroid dienone is 2. The van der Waals surface area contributed by atoms with Crippen LogP contribution in [0.2, 0.25) is 0 Å². The van der Waals surface area contributed by atoms with E-state index in [1.54, 1.807) is 0 Å². The zero-order chi connectivity index (χ0) is 11.7. The van der Waals surface area contributed by atoms with Gasteiger partial charge in [0, 0.05) is 6.07 Å². The molecule has 1 aromatic heterocycles. The Morgan fingerprint density at radius 2 is 1.81 bits per heavy atom. The number of nitrogens with one attached hydrogen (secondary N) is 1. The predicted octanol–water partition coefficient (Wildman–Crippen LogP) is 1.26. The second-order valence-corrected chi connectivity index (χ2v) is 3.72. The molecule has 2 rings (SSSR count). The molecular formula is C12H11NO3. The van der Waals surface area contributed by atoms with Gasteiger partial charge in [-0.2, -0.15) is 0 Å².